The van der Waals surface area contributed by atoms with Crippen LogP contribution < -0.4 is 10.6 Å². The summed E-state index contributed by atoms with van der Waals surface area (Å²) in [7, 11) is 0. The van der Waals surface area contributed by atoms with Gasteiger partial charge < -0.3 is 10.6 Å². The number of hydrogen-bond acceptors (Lipinski definition) is 4. The third kappa shape index (κ3) is 2.79. The Balaban J connectivity index is 2.00. The first-order valence-corrected chi connectivity index (χ1v) is 5.60. The monoisotopic (exact) mass is 226 g/mol. The maximum atomic E-state index is 5.92. The Hall–Kier alpha value is -0.870. The molecule has 0 radical (unpaired) electrons. The van der Waals surface area contributed by atoms with Crippen molar-refractivity contribution in [3.8, 4) is 0 Å². The van der Waals surface area contributed by atoms with Crippen molar-refractivity contribution in [3.63, 3.8) is 0 Å². The highest BCUT2D eigenvalue weighted by atomic mass is 35.5. The second-order valence-electron chi connectivity index (χ2n) is 3.86. The van der Waals surface area contributed by atoms with Crippen molar-refractivity contribution < 1.29 is 0 Å². The normalized spacial score (nSPS) is 21.3. The van der Waals surface area contributed by atoms with Gasteiger partial charge in [0.05, 0.1) is 0 Å². The molecule has 0 spiro atoms. The Morgan fingerprint density at radius 2 is 2.47 bits per heavy atom. The number of aryl methyl sites for hydroxylation is 1. The molecule has 1 aromatic rings. The van der Waals surface area contributed by atoms with Gasteiger partial charge in [-0.3, -0.25) is 0 Å². The van der Waals surface area contributed by atoms with E-state index in [1.807, 2.05) is 6.92 Å². The van der Waals surface area contributed by atoms with Crippen molar-refractivity contribution in [2.45, 2.75) is 25.8 Å². The highest BCUT2D eigenvalue weighted by Crippen LogP contribution is 2.14. The summed E-state index contributed by atoms with van der Waals surface area (Å²) in [5.41, 5.74) is 0.906. The van der Waals surface area contributed by atoms with Gasteiger partial charge in [-0.25, -0.2) is 9.97 Å². The molecular weight excluding hydrogens is 212 g/mol. The molecule has 0 amide bonds. The van der Waals surface area contributed by atoms with Crippen LogP contribution >= 0.6 is 11.6 Å². The minimum atomic E-state index is 0.414. The summed E-state index contributed by atoms with van der Waals surface area (Å²) < 4.78 is 0. The molecule has 1 aromatic heterocycles. The first-order chi connectivity index (χ1) is 7.25. The lowest BCUT2D eigenvalue weighted by atomic mass is 10.1. The average Bonchev–Trinajstić information content (AvgIpc) is 2.25. The minimum absolute atomic E-state index is 0.414. The molecule has 0 aromatic carbocycles. The average molecular weight is 227 g/mol. The zero-order valence-electron chi connectivity index (χ0n) is 8.76. The first kappa shape index (κ1) is 10.6. The smallest absolute Gasteiger partial charge is 0.224 e. The summed E-state index contributed by atoms with van der Waals surface area (Å²) in [5.74, 6) is 0.624. The van der Waals surface area contributed by atoms with Gasteiger partial charge in [0.15, 0.2) is 0 Å². The zero-order chi connectivity index (χ0) is 10.7. The van der Waals surface area contributed by atoms with E-state index in [9.17, 15) is 0 Å². The molecular formula is C10H15ClN4. The Labute approximate surface area is 94.5 Å². The van der Waals surface area contributed by atoms with Gasteiger partial charge in [0, 0.05) is 24.3 Å². The molecule has 1 saturated heterocycles. The molecule has 0 bridgehead atoms. The fourth-order valence-corrected chi connectivity index (χ4v) is 1.78. The number of hydrogen-bond donors (Lipinski definition) is 2. The number of piperidine rings is 1. The molecule has 2 N–H and O–H groups in total. The Bertz CT molecular complexity index is 336. The van der Waals surface area contributed by atoms with Gasteiger partial charge in [-0.05, 0) is 26.3 Å². The molecule has 1 aliphatic rings. The van der Waals surface area contributed by atoms with Crippen LogP contribution in [-0.4, -0.2) is 29.1 Å². The predicted molar refractivity (Wildman–Crippen MR) is 61.3 cm³/mol. The Morgan fingerprint density at radius 1 is 1.60 bits per heavy atom. The van der Waals surface area contributed by atoms with Gasteiger partial charge in [0.25, 0.3) is 0 Å². The number of halogens is 1. The highest BCUT2D eigenvalue weighted by Gasteiger charge is 2.13. The largest absolute Gasteiger partial charge is 0.350 e. The summed E-state index contributed by atoms with van der Waals surface area (Å²) in [6.45, 7) is 3.97. The maximum Gasteiger partial charge on any atom is 0.224 e. The summed E-state index contributed by atoms with van der Waals surface area (Å²) in [6, 6.07) is 0.414. The number of nitrogens with zero attached hydrogens (tertiary/aromatic N) is 2. The summed E-state index contributed by atoms with van der Waals surface area (Å²) in [6.07, 6.45) is 4.09. The molecule has 82 valence electrons. The van der Waals surface area contributed by atoms with Crippen LogP contribution in [0.5, 0.6) is 0 Å². The summed E-state index contributed by atoms with van der Waals surface area (Å²) in [5, 5.41) is 7.13. The van der Waals surface area contributed by atoms with Crippen LogP contribution in [0.15, 0.2) is 6.20 Å². The van der Waals surface area contributed by atoms with Gasteiger partial charge in [-0.2, -0.15) is 0 Å². The van der Waals surface area contributed by atoms with E-state index in [1.54, 1.807) is 6.20 Å². The van der Waals surface area contributed by atoms with Gasteiger partial charge in [0.1, 0.15) is 5.15 Å². The molecule has 1 aliphatic heterocycles. The topological polar surface area (TPSA) is 49.8 Å². The second kappa shape index (κ2) is 4.77. The lowest BCUT2D eigenvalue weighted by Crippen LogP contribution is -2.38. The van der Waals surface area contributed by atoms with E-state index in [0.29, 0.717) is 17.1 Å². The molecule has 4 nitrogen and oxygen atoms in total. The van der Waals surface area contributed by atoms with Gasteiger partial charge >= 0.3 is 0 Å². The molecule has 0 saturated carbocycles. The molecule has 1 fully saturated rings. The van der Waals surface area contributed by atoms with E-state index < -0.39 is 0 Å². The van der Waals surface area contributed by atoms with Gasteiger partial charge in [-0.15, -0.1) is 0 Å². The number of anilines is 1. The fraction of sp³-hybridized carbons (Fsp3) is 0.600. The molecule has 15 heavy (non-hydrogen) atoms. The van der Waals surface area contributed by atoms with Crippen molar-refractivity contribution >= 4 is 17.5 Å². The number of rotatable bonds is 2. The third-order valence-electron chi connectivity index (χ3n) is 2.54. The third-order valence-corrected chi connectivity index (χ3v) is 2.92. The Morgan fingerprint density at radius 3 is 3.13 bits per heavy atom. The second-order valence-corrected chi connectivity index (χ2v) is 4.21. The maximum absolute atomic E-state index is 5.92. The van der Waals surface area contributed by atoms with Crippen molar-refractivity contribution in [2.24, 2.45) is 0 Å². The predicted octanol–water partition coefficient (Wildman–Crippen LogP) is 1.60. The summed E-state index contributed by atoms with van der Waals surface area (Å²) in [4.78, 5) is 8.38. The molecule has 1 atom stereocenters. The quantitative estimate of drug-likeness (QED) is 0.753. The van der Waals surface area contributed by atoms with Gasteiger partial charge in [0.2, 0.25) is 5.95 Å². The SMILES string of the molecule is Cc1cnc(N[C@H]2CCCNC2)nc1Cl. The standard InChI is InChI=1S/C10H15ClN4/c1-7-5-13-10(15-9(7)11)14-8-3-2-4-12-6-8/h5,8,12H,2-4,6H2,1H3,(H,13,14,15)/t8-/m0/s1. The summed E-state index contributed by atoms with van der Waals surface area (Å²) >= 11 is 5.92. The number of nitrogens with one attached hydrogen (secondary N) is 2. The van der Waals surface area contributed by atoms with Crippen molar-refractivity contribution in [1.82, 2.24) is 15.3 Å². The van der Waals surface area contributed by atoms with Crippen molar-refractivity contribution in [3.05, 3.63) is 16.9 Å². The Kier molecular flexibility index (Phi) is 3.38. The first-order valence-electron chi connectivity index (χ1n) is 5.22. The van der Waals surface area contributed by atoms with Crippen LogP contribution in [0.1, 0.15) is 18.4 Å². The van der Waals surface area contributed by atoms with Crippen LogP contribution in [0.4, 0.5) is 5.95 Å². The molecule has 2 heterocycles. The zero-order valence-corrected chi connectivity index (χ0v) is 9.51. The van der Waals surface area contributed by atoms with E-state index in [4.69, 9.17) is 11.6 Å². The van der Waals surface area contributed by atoms with Crippen molar-refractivity contribution in [2.75, 3.05) is 18.4 Å². The number of aromatic nitrogens is 2. The highest BCUT2D eigenvalue weighted by molar-refractivity contribution is 6.30. The van der Waals surface area contributed by atoms with Gasteiger partial charge in [-0.1, -0.05) is 11.6 Å². The van der Waals surface area contributed by atoms with Crippen LogP contribution in [0, 0.1) is 6.92 Å². The molecule has 2 rings (SSSR count). The van der Waals surface area contributed by atoms with E-state index in [0.717, 1.165) is 25.1 Å². The van der Waals surface area contributed by atoms with E-state index in [2.05, 4.69) is 20.6 Å². The molecule has 0 unspecified atom stereocenters. The van der Waals surface area contributed by atoms with Crippen LogP contribution in [0.25, 0.3) is 0 Å². The van der Waals surface area contributed by atoms with E-state index >= 15 is 0 Å². The van der Waals surface area contributed by atoms with Crippen LogP contribution in [-0.2, 0) is 0 Å². The van der Waals surface area contributed by atoms with E-state index in [1.165, 1.54) is 6.42 Å². The van der Waals surface area contributed by atoms with Crippen LogP contribution in [0.2, 0.25) is 5.15 Å². The lowest BCUT2D eigenvalue weighted by Gasteiger charge is -2.23. The fourth-order valence-electron chi connectivity index (χ4n) is 1.65. The molecule has 0 aliphatic carbocycles. The van der Waals surface area contributed by atoms with Crippen LogP contribution in [0.3, 0.4) is 0 Å². The van der Waals surface area contributed by atoms with E-state index in [-0.39, 0.29) is 0 Å². The minimum Gasteiger partial charge on any atom is -0.350 e. The van der Waals surface area contributed by atoms with Crippen molar-refractivity contribution in [1.29, 1.82) is 0 Å². The molecule has 5 heteroatoms. The lowest BCUT2D eigenvalue weighted by molar-refractivity contribution is 0.478.